The van der Waals surface area contributed by atoms with Crippen LogP contribution in [-0.4, -0.2) is 29.4 Å². The number of nitrogens with one attached hydrogen (secondary N) is 2. The molecule has 7 heteroatoms. The molecule has 2 N–H and O–H groups in total. The van der Waals surface area contributed by atoms with Crippen molar-refractivity contribution in [1.82, 2.24) is 20.8 Å². The molecule has 2 aromatic rings. The zero-order chi connectivity index (χ0) is 15.9. The molecule has 0 spiro atoms. The second-order valence-electron chi connectivity index (χ2n) is 4.82. The lowest BCUT2D eigenvalue weighted by Crippen LogP contribution is -2.36. The molecule has 0 radical (unpaired) electrons. The number of aryl methyl sites for hydroxylation is 2. The van der Waals surface area contributed by atoms with Crippen LogP contribution in [0.4, 0.5) is 0 Å². The predicted molar refractivity (Wildman–Crippen MR) is 89.0 cm³/mol. The molecule has 6 nitrogen and oxygen atoms in total. The number of hydrogen-bond donors (Lipinski definition) is 2. The highest BCUT2D eigenvalue weighted by Gasteiger charge is 2.05. The summed E-state index contributed by atoms with van der Waals surface area (Å²) < 4.78 is 5.05. The van der Waals surface area contributed by atoms with Crippen LogP contribution in [0.25, 0.3) is 0 Å². The molecule has 1 aromatic heterocycles. The lowest BCUT2D eigenvalue weighted by Gasteiger charge is -2.11. The molecule has 0 aliphatic rings. The quantitative estimate of drug-likeness (QED) is 0.500. The van der Waals surface area contributed by atoms with Crippen LogP contribution in [0, 0.1) is 13.8 Å². The zero-order valence-corrected chi connectivity index (χ0v) is 14.1. The van der Waals surface area contributed by atoms with E-state index in [1.165, 1.54) is 16.0 Å². The second-order valence-corrected chi connectivity index (χ2v) is 5.67. The van der Waals surface area contributed by atoms with Gasteiger partial charge in [-0.3, -0.25) is 4.99 Å². The molecule has 0 aliphatic carbocycles. The van der Waals surface area contributed by atoms with Gasteiger partial charge in [0.25, 0.3) is 0 Å². The fraction of sp³-hybridized carbons (Fsp3) is 0.400. The van der Waals surface area contributed by atoms with Gasteiger partial charge in [-0.2, -0.15) is 4.98 Å². The standard InChI is InChI=1S/C15H21N5OS/c1-10-7-12(5-6-13(10)22-4)8-17-15(16-3)18-9-14-19-11(2)20-21-14/h5-7H,8-9H2,1-4H3,(H2,16,17,18). The van der Waals surface area contributed by atoms with Gasteiger partial charge in [0.05, 0.1) is 6.54 Å². The van der Waals surface area contributed by atoms with Gasteiger partial charge in [0, 0.05) is 18.5 Å². The third kappa shape index (κ3) is 4.49. The van der Waals surface area contributed by atoms with Crippen molar-refractivity contribution in [2.24, 2.45) is 4.99 Å². The van der Waals surface area contributed by atoms with Crippen LogP contribution in [0.3, 0.4) is 0 Å². The number of hydrogen-bond acceptors (Lipinski definition) is 5. The molecule has 2 rings (SSSR count). The molecule has 0 saturated carbocycles. The molecule has 0 fully saturated rings. The number of aromatic nitrogens is 2. The number of benzene rings is 1. The maximum atomic E-state index is 5.05. The minimum absolute atomic E-state index is 0.449. The van der Waals surface area contributed by atoms with E-state index in [0.717, 1.165) is 0 Å². The van der Waals surface area contributed by atoms with Crippen molar-refractivity contribution in [1.29, 1.82) is 0 Å². The van der Waals surface area contributed by atoms with Crippen LogP contribution < -0.4 is 10.6 Å². The molecule has 1 heterocycles. The molecular weight excluding hydrogens is 298 g/mol. The fourth-order valence-corrected chi connectivity index (χ4v) is 2.61. The highest BCUT2D eigenvalue weighted by molar-refractivity contribution is 7.98. The molecule has 118 valence electrons. The maximum Gasteiger partial charge on any atom is 0.246 e. The Morgan fingerprint density at radius 2 is 2.05 bits per heavy atom. The van der Waals surface area contributed by atoms with Crippen molar-refractivity contribution in [3.8, 4) is 0 Å². The average molecular weight is 319 g/mol. The van der Waals surface area contributed by atoms with E-state index >= 15 is 0 Å². The number of rotatable bonds is 5. The Morgan fingerprint density at radius 3 is 2.64 bits per heavy atom. The number of thioether (sulfide) groups is 1. The van der Waals surface area contributed by atoms with Gasteiger partial charge in [0.15, 0.2) is 11.8 Å². The Labute approximate surface area is 134 Å². The van der Waals surface area contributed by atoms with Gasteiger partial charge in [0.1, 0.15) is 0 Å². The highest BCUT2D eigenvalue weighted by atomic mass is 32.2. The lowest BCUT2D eigenvalue weighted by atomic mass is 10.1. The summed E-state index contributed by atoms with van der Waals surface area (Å²) in [5, 5.41) is 10.2. The topological polar surface area (TPSA) is 75.3 Å². The van der Waals surface area contributed by atoms with Gasteiger partial charge in [-0.25, -0.2) is 0 Å². The van der Waals surface area contributed by atoms with Crippen LogP contribution in [-0.2, 0) is 13.1 Å². The van der Waals surface area contributed by atoms with Crippen molar-refractivity contribution >= 4 is 17.7 Å². The molecule has 0 amide bonds. The van der Waals surface area contributed by atoms with Gasteiger partial charge < -0.3 is 15.2 Å². The largest absolute Gasteiger partial charge is 0.352 e. The van der Waals surface area contributed by atoms with E-state index in [1.54, 1.807) is 25.7 Å². The molecule has 0 unspecified atom stereocenters. The Bertz CT molecular complexity index is 653. The number of aliphatic imine (C=N–C) groups is 1. The average Bonchev–Trinajstić information content (AvgIpc) is 2.93. The van der Waals surface area contributed by atoms with Crippen LogP contribution in [0.15, 0.2) is 32.6 Å². The Hall–Kier alpha value is -2.02. The second kappa shape index (κ2) is 7.84. The molecule has 0 bridgehead atoms. The monoisotopic (exact) mass is 319 g/mol. The fourth-order valence-electron chi connectivity index (χ4n) is 2.03. The summed E-state index contributed by atoms with van der Waals surface area (Å²) in [6.07, 6.45) is 2.09. The van der Waals surface area contributed by atoms with Crippen LogP contribution in [0.2, 0.25) is 0 Å². The van der Waals surface area contributed by atoms with Crippen LogP contribution in [0.5, 0.6) is 0 Å². The van der Waals surface area contributed by atoms with E-state index in [9.17, 15) is 0 Å². The van der Waals surface area contributed by atoms with Gasteiger partial charge in [0.2, 0.25) is 5.89 Å². The highest BCUT2D eigenvalue weighted by Crippen LogP contribution is 2.20. The summed E-state index contributed by atoms with van der Waals surface area (Å²) in [6.45, 7) is 5.07. The first-order chi connectivity index (χ1) is 10.6. The van der Waals surface area contributed by atoms with Crippen molar-refractivity contribution in [3.05, 3.63) is 41.0 Å². The summed E-state index contributed by atoms with van der Waals surface area (Å²) in [5.41, 5.74) is 2.50. The first kappa shape index (κ1) is 16.4. The number of nitrogens with zero attached hydrogens (tertiary/aromatic N) is 3. The summed E-state index contributed by atoms with van der Waals surface area (Å²) >= 11 is 1.76. The molecule has 0 saturated heterocycles. The zero-order valence-electron chi connectivity index (χ0n) is 13.3. The summed E-state index contributed by atoms with van der Waals surface area (Å²) in [4.78, 5) is 9.63. The SMILES string of the molecule is CN=C(NCc1ccc(SC)c(C)c1)NCc1nc(C)no1. The minimum Gasteiger partial charge on any atom is -0.352 e. The molecule has 0 aliphatic heterocycles. The van der Waals surface area contributed by atoms with Crippen molar-refractivity contribution in [2.45, 2.75) is 31.8 Å². The van der Waals surface area contributed by atoms with Crippen molar-refractivity contribution in [2.75, 3.05) is 13.3 Å². The van der Waals surface area contributed by atoms with E-state index in [4.69, 9.17) is 4.52 Å². The number of guanidine groups is 1. The third-order valence-corrected chi connectivity index (χ3v) is 4.02. The summed E-state index contributed by atoms with van der Waals surface area (Å²) in [6, 6.07) is 6.46. The first-order valence-electron chi connectivity index (χ1n) is 6.99. The van der Waals surface area contributed by atoms with Crippen LogP contribution >= 0.6 is 11.8 Å². The molecule has 22 heavy (non-hydrogen) atoms. The maximum absolute atomic E-state index is 5.05. The molecular formula is C15H21N5OS. The Kier molecular flexibility index (Phi) is 5.83. The van der Waals surface area contributed by atoms with E-state index in [0.29, 0.717) is 30.8 Å². The van der Waals surface area contributed by atoms with Crippen LogP contribution in [0.1, 0.15) is 22.8 Å². The normalized spacial score (nSPS) is 11.5. The summed E-state index contributed by atoms with van der Waals surface area (Å²) in [7, 11) is 1.73. The molecule has 0 atom stereocenters. The first-order valence-corrected chi connectivity index (χ1v) is 8.22. The van der Waals surface area contributed by atoms with Gasteiger partial charge in [-0.15, -0.1) is 11.8 Å². The van der Waals surface area contributed by atoms with E-state index in [1.807, 2.05) is 0 Å². The van der Waals surface area contributed by atoms with E-state index < -0.39 is 0 Å². The van der Waals surface area contributed by atoms with Gasteiger partial charge in [-0.05, 0) is 37.3 Å². The Balaban J connectivity index is 1.87. The van der Waals surface area contributed by atoms with Crippen molar-refractivity contribution < 1.29 is 4.52 Å². The van der Waals surface area contributed by atoms with Gasteiger partial charge in [-0.1, -0.05) is 17.3 Å². The van der Waals surface area contributed by atoms with Crippen molar-refractivity contribution in [3.63, 3.8) is 0 Å². The van der Waals surface area contributed by atoms with E-state index in [2.05, 4.69) is 57.1 Å². The molecule has 1 aromatic carbocycles. The van der Waals surface area contributed by atoms with Gasteiger partial charge >= 0.3 is 0 Å². The summed E-state index contributed by atoms with van der Waals surface area (Å²) in [5.74, 6) is 1.87. The predicted octanol–water partition coefficient (Wildman–Crippen LogP) is 2.27. The Morgan fingerprint density at radius 1 is 1.27 bits per heavy atom. The lowest BCUT2D eigenvalue weighted by molar-refractivity contribution is 0.371. The third-order valence-electron chi connectivity index (χ3n) is 3.12. The smallest absolute Gasteiger partial charge is 0.246 e. The minimum atomic E-state index is 0.449. The van der Waals surface area contributed by atoms with E-state index in [-0.39, 0.29) is 0 Å².